The first-order valence-corrected chi connectivity index (χ1v) is 9.76. The van der Waals surface area contributed by atoms with Crippen LogP contribution < -0.4 is 10.6 Å². The maximum absolute atomic E-state index is 12.2. The lowest BCUT2D eigenvalue weighted by Gasteiger charge is -2.12. The molecule has 2 N–H and O–H groups in total. The summed E-state index contributed by atoms with van der Waals surface area (Å²) in [4.78, 5) is 29.6. The number of hydrogen-bond acceptors (Lipinski definition) is 6. The molecule has 1 aromatic carbocycles. The van der Waals surface area contributed by atoms with E-state index in [1.165, 1.54) is 6.33 Å². The molecule has 0 fully saturated rings. The van der Waals surface area contributed by atoms with Gasteiger partial charge >= 0.3 is 0 Å². The van der Waals surface area contributed by atoms with Crippen LogP contribution in [-0.4, -0.2) is 38.9 Å². The highest BCUT2D eigenvalue weighted by Crippen LogP contribution is 2.22. The van der Waals surface area contributed by atoms with Crippen molar-refractivity contribution in [2.45, 2.75) is 13.0 Å². The summed E-state index contributed by atoms with van der Waals surface area (Å²) in [7, 11) is 1.73. The van der Waals surface area contributed by atoms with E-state index < -0.39 is 0 Å². The van der Waals surface area contributed by atoms with Gasteiger partial charge in [-0.2, -0.15) is 0 Å². The van der Waals surface area contributed by atoms with Crippen molar-refractivity contribution in [3.05, 3.63) is 78.6 Å². The number of rotatable bonds is 4. The van der Waals surface area contributed by atoms with E-state index in [9.17, 15) is 4.79 Å². The molecule has 0 aliphatic carbocycles. The zero-order valence-corrected chi connectivity index (χ0v) is 17.1. The minimum atomic E-state index is -0.347. The van der Waals surface area contributed by atoms with Gasteiger partial charge in [0.05, 0.1) is 11.6 Å². The van der Waals surface area contributed by atoms with Crippen LogP contribution in [0.3, 0.4) is 0 Å². The molecule has 3 heterocycles. The van der Waals surface area contributed by atoms with Crippen LogP contribution in [-0.2, 0) is 4.79 Å². The Morgan fingerprint density at radius 3 is 2.58 bits per heavy atom. The van der Waals surface area contributed by atoms with Crippen molar-refractivity contribution in [3.63, 3.8) is 0 Å². The molecule has 4 aromatic rings. The number of amides is 1. The molecule has 0 saturated carbocycles. The van der Waals surface area contributed by atoms with Gasteiger partial charge in [-0.05, 0) is 50.1 Å². The predicted molar refractivity (Wildman–Crippen MR) is 120 cm³/mol. The van der Waals surface area contributed by atoms with E-state index in [4.69, 9.17) is 0 Å². The van der Waals surface area contributed by atoms with Crippen LogP contribution in [0.1, 0.15) is 18.3 Å². The van der Waals surface area contributed by atoms with Crippen LogP contribution in [0.2, 0.25) is 0 Å². The zero-order chi connectivity index (χ0) is 21.6. The SMILES string of the molecule is CNC(C)C(=O)Nc1ccc(-c2cncnc2)c(C#Cc2ccc3ccccc3n2)n1. The molecule has 0 bridgehead atoms. The minimum absolute atomic E-state index is 0.180. The van der Waals surface area contributed by atoms with Gasteiger partial charge in [-0.15, -0.1) is 0 Å². The molecule has 0 radical (unpaired) electrons. The Balaban J connectivity index is 1.73. The van der Waals surface area contributed by atoms with Crippen molar-refractivity contribution in [1.29, 1.82) is 0 Å². The van der Waals surface area contributed by atoms with Gasteiger partial charge < -0.3 is 10.6 Å². The van der Waals surface area contributed by atoms with Crippen LogP contribution in [0.4, 0.5) is 5.82 Å². The van der Waals surface area contributed by atoms with E-state index in [1.807, 2.05) is 42.5 Å². The Morgan fingerprint density at radius 2 is 1.77 bits per heavy atom. The number of fused-ring (bicyclic) bond motifs is 1. The Hall–Kier alpha value is -4.15. The summed E-state index contributed by atoms with van der Waals surface area (Å²) in [6.07, 6.45) is 4.87. The van der Waals surface area contributed by atoms with Crippen molar-refractivity contribution in [1.82, 2.24) is 25.3 Å². The molecule has 0 aliphatic heterocycles. The summed E-state index contributed by atoms with van der Waals surface area (Å²) in [5.41, 5.74) is 3.57. The summed E-state index contributed by atoms with van der Waals surface area (Å²) >= 11 is 0. The van der Waals surface area contributed by atoms with E-state index in [-0.39, 0.29) is 11.9 Å². The quantitative estimate of drug-likeness (QED) is 0.504. The number of pyridine rings is 2. The number of para-hydroxylation sites is 1. The second kappa shape index (κ2) is 9.11. The Labute approximate surface area is 180 Å². The molecule has 4 rings (SSSR count). The largest absolute Gasteiger partial charge is 0.309 e. The molecule has 7 nitrogen and oxygen atoms in total. The number of hydrogen-bond donors (Lipinski definition) is 2. The molecule has 0 spiro atoms. The van der Waals surface area contributed by atoms with Gasteiger partial charge in [-0.25, -0.2) is 19.9 Å². The van der Waals surface area contributed by atoms with Crippen LogP contribution in [0.25, 0.3) is 22.0 Å². The summed E-state index contributed by atoms with van der Waals surface area (Å²) in [5, 5.41) is 6.76. The number of aromatic nitrogens is 4. The monoisotopic (exact) mass is 408 g/mol. The minimum Gasteiger partial charge on any atom is -0.309 e. The van der Waals surface area contributed by atoms with E-state index in [1.54, 1.807) is 32.4 Å². The fraction of sp³-hybridized carbons (Fsp3) is 0.125. The van der Waals surface area contributed by atoms with Crippen molar-refractivity contribution in [2.75, 3.05) is 12.4 Å². The molecule has 0 saturated heterocycles. The summed E-state index contributed by atoms with van der Waals surface area (Å²) in [6.45, 7) is 1.77. The third kappa shape index (κ3) is 4.71. The first-order chi connectivity index (χ1) is 15.1. The second-order valence-electron chi connectivity index (χ2n) is 6.86. The molecule has 1 unspecified atom stereocenters. The van der Waals surface area contributed by atoms with Crippen LogP contribution >= 0.6 is 0 Å². The smallest absolute Gasteiger partial charge is 0.242 e. The van der Waals surface area contributed by atoms with Gasteiger partial charge in [0.1, 0.15) is 23.5 Å². The highest BCUT2D eigenvalue weighted by Gasteiger charge is 2.13. The molecule has 1 atom stereocenters. The third-order valence-electron chi connectivity index (χ3n) is 4.75. The molecule has 1 amide bonds. The van der Waals surface area contributed by atoms with Gasteiger partial charge in [-0.1, -0.05) is 24.3 Å². The Morgan fingerprint density at radius 1 is 0.968 bits per heavy atom. The standard InChI is InChI=1S/C24H20N6O/c1-16(25-2)24(31)30-23-12-10-20(18-13-26-15-27-14-18)22(29-23)11-9-19-8-7-17-5-3-4-6-21(17)28-19/h3-8,10,12-16,25H,1-2H3,(H,29,30,31). The molecule has 3 aromatic heterocycles. The number of anilines is 1. The van der Waals surface area contributed by atoms with E-state index in [0.29, 0.717) is 17.2 Å². The summed E-state index contributed by atoms with van der Waals surface area (Å²) < 4.78 is 0. The molecular formula is C24H20N6O. The van der Waals surface area contributed by atoms with Crippen molar-refractivity contribution < 1.29 is 4.79 Å². The van der Waals surface area contributed by atoms with Gasteiger partial charge in [0.25, 0.3) is 0 Å². The summed E-state index contributed by atoms with van der Waals surface area (Å²) in [5.74, 6) is 6.43. The van der Waals surface area contributed by atoms with E-state index in [2.05, 4.69) is 42.4 Å². The van der Waals surface area contributed by atoms with Gasteiger partial charge in [0.2, 0.25) is 5.91 Å². The Bertz CT molecular complexity index is 1290. The topological polar surface area (TPSA) is 92.7 Å². The lowest BCUT2D eigenvalue weighted by molar-refractivity contribution is -0.117. The fourth-order valence-electron chi connectivity index (χ4n) is 2.92. The van der Waals surface area contributed by atoms with E-state index >= 15 is 0 Å². The fourth-order valence-corrected chi connectivity index (χ4v) is 2.92. The molecular weight excluding hydrogens is 388 g/mol. The molecule has 152 valence electrons. The van der Waals surface area contributed by atoms with Gasteiger partial charge in [0, 0.05) is 28.9 Å². The predicted octanol–water partition coefficient (Wildman–Crippen LogP) is 3.03. The van der Waals surface area contributed by atoms with Crippen molar-refractivity contribution in [3.8, 4) is 23.0 Å². The first-order valence-electron chi connectivity index (χ1n) is 9.76. The lowest BCUT2D eigenvalue weighted by Crippen LogP contribution is -2.35. The normalized spacial score (nSPS) is 11.4. The van der Waals surface area contributed by atoms with E-state index in [0.717, 1.165) is 22.0 Å². The third-order valence-corrected chi connectivity index (χ3v) is 4.75. The number of carbonyl (C=O) groups excluding carboxylic acids is 1. The number of carbonyl (C=O) groups is 1. The average molecular weight is 408 g/mol. The first kappa shape index (κ1) is 20.1. The number of nitrogens with zero attached hydrogens (tertiary/aromatic N) is 4. The second-order valence-corrected chi connectivity index (χ2v) is 6.86. The molecule has 0 aliphatic rings. The zero-order valence-electron chi connectivity index (χ0n) is 17.1. The average Bonchev–Trinajstić information content (AvgIpc) is 2.82. The lowest BCUT2D eigenvalue weighted by atomic mass is 10.1. The van der Waals surface area contributed by atoms with Crippen LogP contribution in [0, 0.1) is 11.8 Å². The van der Waals surface area contributed by atoms with Crippen LogP contribution in [0.5, 0.6) is 0 Å². The highest BCUT2D eigenvalue weighted by molar-refractivity contribution is 5.94. The van der Waals surface area contributed by atoms with Crippen molar-refractivity contribution in [2.24, 2.45) is 0 Å². The van der Waals surface area contributed by atoms with Gasteiger partial charge in [0.15, 0.2) is 0 Å². The number of likely N-dealkylation sites (N-methyl/N-ethyl adjacent to an activating group) is 1. The number of nitrogens with one attached hydrogen (secondary N) is 2. The van der Waals surface area contributed by atoms with Gasteiger partial charge in [-0.3, -0.25) is 4.79 Å². The molecule has 7 heteroatoms. The maximum Gasteiger partial charge on any atom is 0.242 e. The summed E-state index contributed by atoms with van der Waals surface area (Å²) in [6, 6.07) is 15.0. The van der Waals surface area contributed by atoms with Crippen LogP contribution in [0.15, 0.2) is 67.3 Å². The van der Waals surface area contributed by atoms with Crippen molar-refractivity contribution >= 4 is 22.6 Å². The number of benzene rings is 1. The highest BCUT2D eigenvalue weighted by atomic mass is 16.2. The maximum atomic E-state index is 12.2. The Kier molecular flexibility index (Phi) is 5.92. The molecule has 31 heavy (non-hydrogen) atoms.